The highest BCUT2D eigenvalue weighted by molar-refractivity contribution is 8.06. The normalized spacial score (nSPS) is 34.0. The van der Waals surface area contributed by atoms with E-state index < -0.39 is 0 Å². The van der Waals surface area contributed by atoms with Crippen LogP contribution in [0.5, 0.6) is 0 Å². The second-order valence-electron chi connectivity index (χ2n) is 3.33. The topological polar surface area (TPSA) is 0 Å². The molecule has 0 N–H and O–H groups in total. The number of rotatable bonds is 4. The van der Waals surface area contributed by atoms with E-state index in [-0.39, 0.29) is 0 Å². The predicted molar refractivity (Wildman–Crippen MR) is 65.7 cm³/mol. The summed E-state index contributed by atoms with van der Waals surface area (Å²) in [5, 5.41) is 3.56. The van der Waals surface area contributed by atoms with Crippen LogP contribution in [0.2, 0.25) is 0 Å². The quantitative estimate of drug-likeness (QED) is 0.716. The van der Waals surface area contributed by atoms with Gasteiger partial charge in [0.05, 0.1) is 0 Å². The molecule has 0 nitrogen and oxygen atoms in total. The van der Waals surface area contributed by atoms with Crippen molar-refractivity contribution in [1.82, 2.24) is 0 Å². The van der Waals surface area contributed by atoms with Crippen LogP contribution in [0.3, 0.4) is 0 Å². The Bertz CT molecular complexity index is 118. The van der Waals surface area contributed by atoms with Gasteiger partial charge < -0.3 is 0 Å². The molecule has 1 fully saturated rings. The minimum absolute atomic E-state index is 0.848. The molecule has 0 bridgehead atoms. The van der Waals surface area contributed by atoms with Gasteiger partial charge in [-0.05, 0) is 18.9 Å². The summed E-state index contributed by atoms with van der Waals surface area (Å²) in [5.74, 6) is 0. The maximum absolute atomic E-state index is 2.35. The largest absolute Gasteiger partial charge is 0.161 e. The molecular weight excluding hydrogens is 204 g/mol. The molecule has 1 saturated heterocycles. The Morgan fingerprint density at radius 2 is 1.42 bits per heavy atom. The zero-order valence-corrected chi connectivity index (χ0v) is 10.7. The van der Waals surface area contributed by atoms with Crippen LogP contribution >= 0.6 is 35.3 Å². The van der Waals surface area contributed by atoms with Crippen molar-refractivity contribution in [3.05, 3.63) is 0 Å². The SMILES string of the molecule is CSC(C)C1CC(C(C)SC)S1. The van der Waals surface area contributed by atoms with E-state index >= 15 is 0 Å². The van der Waals surface area contributed by atoms with Gasteiger partial charge in [0.25, 0.3) is 0 Å². The lowest BCUT2D eigenvalue weighted by atomic mass is 10.1. The van der Waals surface area contributed by atoms with Crippen molar-refractivity contribution in [1.29, 1.82) is 0 Å². The lowest BCUT2D eigenvalue weighted by Gasteiger charge is -2.40. The van der Waals surface area contributed by atoms with E-state index in [0.29, 0.717) is 0 Å². The van der Waals surface area contributed by atoms with Crippen molar-refractivity contribution in [2.24, 2.45) is 0 Å². The number of hydrogen-bond acceptors (Lipinski definition) is 3. The molecule has 0 aromatic carbocycles. The highest BCUT2D eigenvalue weighted by Gasteiger charge is 2.36. The molecule has 1 heterocycles. The van der Waals surface area contributed by atoms with E-state index in [1.165, 1.54) is 6.42 Å². The van der Waals surface area contributed by atoms with Crippen LogP contribution in [-0.2, 0) is 0 Å². The summed E-state index contributed by atoms with van der Waals surface area (Å²) in [7, 11) is 0. The highest BCUT2D eigenvalue weighted by atomic mass is 32.2. The molecule has 72 valence electrons. The lowest BCUT2D eigenvalue weighted by molar-refractivity contribution is 0.648. The second-order valence-corrected chi connectivity index (χ2v) is 7.24. The number of thioether (sulfide) groups is 3. The first-order valence-corrected chi connectivity index (χ1v) is 7.92. The molecule has 0 spiro atoms. The third-order valence-electron chi connectivity index (χ3n) is 2.60. The van der Waals surface area contributed by atoms with Gasteiger partial charge in [-0.1, -0.05) is 13.8 Å². The molecular formula is C9H18S3. The summed E-state index contributed by atoms with van der Waals surface area (Å²) in [6.45, 7) is 4.70. The van der Waals surface area contributed by atoms with Crippen LogP contribution in [0.15, 0.2) is 0 Å². The minimum atomic E-state index is 0.848. The van der Waals surface area contributed by atoms with Gasteiger partial charge in [0.1, 0.15) is 0 Å². The van der Waals surface area contributed by atoms with Crippen LogP contribution in [0.25, 0.3) is 0 Å². The van der Waals surface area contributed by atoms with Crippen LogP contribution in [-0.4, -0.2) is 33.5 Å². The van der Waals surface area contributed by atoms with Gasteiger partial charge in [0.2, 0.25) is 0 Å². The first-order valence-electron chi connectivity index (χ1n) is 4.40. The van der Waals surface area contributed by atoms with Crippen LogP contribution in [0.4, 0.5) is 0 Å². The summed E-state index contributed by atoms with van der Waals surface area (Å²) in [6, 6.07) is 0. The molecule has 4 atom stereocenters. The maximum atomic E-state index is 2.35. The van der Waals surface area contributed by atoms with Crippen LogP contribution in [0.1, 0.15) is 20.3 Å². The smallest absolute Gasteiger partial charge is 0.0177 e. The van der Waals surface area contributed by atoms with Crippen molar-refractivity contribution in [2.75, 3.05) is 12.5 Å². The third-order valence-corrected chi connectivity index (χ3v) is 6.99. The molecule has 0 amide bonds. The Morgan fingerprint density at radius 1 is 1.08 bits per heavy atom. The molecule has 4 unspecified atom stereocenters. The van der Waals surface area contributed by atoms with Crippen molar-refractivity contribution < 1.29 is 0 Å². The van der Waals surface area contributed by atoms with Gasteiger partial charge in [0.15, 0.2) is 0 Å². The monoisotopic (exact) mass is 222 g/mol. The van der Waals surface area contributed by atoms with E-state index in [2.05, 4.69) is 38.1 Å². The molecule has 0 aromatic heterocycles. The average molecular weight is 222 g/mol. The molecule has 0 aromatic rings. The molecule has 3 heteroatoms. The third kappa shape index (κ3) is 2.52. The summed E-state index contributed by atoms with van der Waals surface area (Å²) < 4.78 is 0. The van der Waals surface area contributed by atoms with E-state index in [4.69, 9.17) is 0 Å². The van der Waals surface area contributed by atoms with Gasteiger partial charge in [-0.3, -0.25) is 0 Å². The standard InChI is InChI=1S/C9H18S3/c1-6(10-3)8-5-9(12-8)7(2)11-4/h6-9H,5H2,1-4H3. The summed E-state index contributed by atoms with van der Waals surface area (Å²) in [4.78, 5) is 0. The summed E-state index contributed by atoms with van der Waals surface area (Å²) in [5.41, 5.74) is 0. The molecule has 0 aliphatic carbocycles. The fraction of sp³-hybridized carbons (Fsp3) is 1.00. The van der Waals surface area contributed by atoms with Crippen molar-refractivity contribution in [3.63, 3.8) is 0 Å². The van der Waals surface area contributed by atoms with E-state index in [1.807, 2.05) is 23.5 Å². The Balaban J connectivity index is 2.19. The van der Waals surface area contributed by atoms with Gasteiger partial charge in [-0.15, -0.1) is 0 Å². The molecule has 12 heavy (non-hydrogen) atoms. The lowest BCUT2D eigenvalue weighted by Crippen LogP contribution is -2.38. The maximum Gasteiger partial charge on any atom is 0.0177 e. The van der Waals surface area contributed by atoms with Gasteiger partial charge >= 0.3 is 0 Å². The fourth-order valence-electron chi connectivity index (χ4n) is 1.35. The molecule has 1 rings (SSSR count). The number of hydrogen-bond donors (Lipinski definition) is 0. The summed E-state index contributed by atoms with van der Waals surface area (Å²) >= 11 is 6.20. The molecule has 1 aliphatic heterocycles. The van der Waals surface area contributed by atoms with Crippen molar-refractivity contribution >= 4 is 35.3 Å². The zero-order valence-electron chi connectivity index (χ0n) is 8.24. The van der Waals surface area contributed by atoms with Crippen molar-refractivity contribution in [3.8, 4) is 0 Å². The van der Waals surface area contributed by atoms with E-state index in [1.54, 1.807) is 0 Å². The van der Waals surface area contributed by atoms with Gasteiger partial charge in [-0.2, -0.15) is 35.3 Å². The van der Waals surface area contributed by atoms with E-state index in [9.17, 15) is 0 Å². The van der Waals surface area contributed by atoms with E-state index in [0.717, 1.165) is 21.0 Å². The van der Waals surface area contributed by atoms with Gasteiger partial charge in [0, 0.05) is 21.0 Å². The van der Waals surface area contributed by atoms with Crippen molar-refractivity contribution in [2.45, 2.75) is 41.3 Å². The van der Waals surface area contributed by atoms with Gasteiger partial charge in [-0.25, -0.2) is 0 Å². The minimum Gasteiger partial charge on any atom is -0.161 e. The first kappa shape index (κ1) is 11.1. The van der Waals surface area contributed by atoms with Crippen LogP contribution in [0, 0.1) is 0 Å². The predicted octanol–water partition coefficient (Wildman–Crippen LogP) is 3.36. The average Bonchev–Trinajstić information content (AvgIpc) is 2.01. The Labute approximate surface area is 89.0 Å². The second kappa shape index (κ2) is 5.06. The zero-order chi connectivity index (χ0) is 9.14. The molecule has 0 saturated carbocycles. The highest BCUT2D eigenvalue weighted by Crippen LogP contribution is 2.45. The first-order chi connectivity index (χ1) is 5.69. The summed E-state index contributed by atoms with van der Waals surface area (Å²) in [6.07, 6.45) is 5.88. The fourth-order valence-corrected chi connectivity index (χ4v) is 4.40. The molecule has 1 aliphatic rings. The molecule has 0 radical (unpaired) electrons. The van der Waals surface area contributed by atoms with Crippen LogP contribution < -0.4 is 0 Å². The Kier molecular flexibility index (Phi) is 4.69. The Hall–Kier alpha value is 1.05. The Morgan fingerprint density at radius 3 is 1.67 bits per heavy atom.